The van der Waals surface area contributed by atoms with Crippen molar-refractivity contribution in [2.45, 2.75) is 0 Å². The van der Waals surface area contributed by atoms with E-state index in [-0.39, 0.29) is 0 Å². The molecule has 0 atom stereocenters. The highest BCUT2D eigenvalue weighted by Gasteiger charge is 2.17. The first-order valence-electron chi connectivity index (χ1n) is 16.6. The molecule has 0 amide bonds. The highest BCUT2D eigenvalue weighted by molar-refractivity contribution is 7.25. The standard InChI is InChI=1S/C46H29NOS/c1-2-9-30(10-3-1)31-17-21-35(22-18-31)47(37-25-26-42-41(29-37)40-27-33-11-4-5-12-34(33)28-43(40)48-42)36-23-19-32(20-24-36)38-14-8-16-45-46(38)39-13-6-7-15-44(39)49-45/h1-29H. The van der Waals surface area contributed by atoms with E-state index in [1.807, 2.05) is 11.3 Å². The second-order valence-electron chi connectivity index (χ2n) is 12.6. The summed E-state index contributed by atoms with van der Waals surface area (Å²) in [6.07, 6.45) is 0. The van der Waals surface area contributed by atoms with Crippen molar-refractivity contribution in [3.63, 3.8) is 0 Å². The van der Waals surface area contributed by atoms with Crippen LogP contribution >= 0.6 is 11.3 Å². The van der Waals surface area contributed by atoms with E-state index in [0.717, 1.165) is 39.0 Å². The Morgan fingerprint density at radius 1 is 0.388 bits per heavy atom. The Balaban J connectivity index is 1.12. The van der Waals surface area contributed by atoms with Crippen LogP contribution in [0.3, 0.4) is 0 Å². The Morgan fingerprint density at radius 2 is 1.00 bits per heavy atom. The molecule has 0 radical (unpaired) electrons. The molecule has 0 aliphatic carbocycles. The van der Waals surface area contributed by atoms with Crippen LogP contribution in [0, 0.1) is 0 Å². The van der Waals surface area contributed by atoms with Gasteiger partial charge in [-0.25, -0.2) is 0 Å². The van der Waals surface area contributed by atoms with Gasteiger partial charge in [-0.15, -0.1) is 11.3 Å². The Hall–Kier alpha value is -6.16. The molecule has 8 aromatic carbocycles. The molecule has 2 heterocycles. The predicted octanol–water partition coefficient (Wildman–Crippen LogP) is 13.9. The van der Waals surface area contributed by atoms with Crippen LogP contribution < -0.4 is 4.90 Å². The van der Waals surface area contributed by atoms with E-state index >= 15 is 0 Å². The topological polar surface area (TPSA) is 16.4 Å². The summed E-state index contributed by atoms with van der Waals surface area (Å²) in [5.74, 6) is 0. The number of rotatable bonds is 5. The second-order valence-corrected chi connectivity index (χ2v) is 13.6. The van der Waals surface area contributed by atoms with Crippen LogP contribution in [-0.2, 0) is 0 Å². The molecule has 3 heteroatoms. The van der Waals surface area contributed by atoms with Crippen molar-refractivity contribution in [1.82, 2.24) is 0 Å². The molecule has 10 rings (SSSR count). The van der Waals surface area contributed by atoms with E-state index < -0.39 is 0 Å². The minimum absolute atomic E-state index is 0.889. The number of furan rings is 1. The van der Waals surface area contributed by atoms with Crippen LogP contribution in [0.25, 0.3) is 75.1 Å². The number of thiophene rings is 1. The summed E-state index contributed by atoms with van der Waals surface area (Å²) in [5, 5.41) is 7.27. The summed E-state index contributed by atoms with van der Waals surface area (Å²) in [5.41, 5.74) is 9.93. The molecule has 10 aromatic rings. The van der Waals surface area contributed by atoms with Gasteiger partial charge in [0, 0.05) is 48.0 Å². The number of fused-ring (bicyclic) bond motifs is 7. The molecular formula is C46H29NOS. The maximum atomic E-state index is 6.38. The van der Waals surface area contributed by atoms with E-state index in [1.54, 1.807) is 0 Å². The first-order valence-corrected chi connectivity index (χ1v) is 17.4. The number of anilines is 3. The zero-order valence-corrected chi connectivity index (χ0v) is 27.3. The van der Waals surface area contributed by atoms with E-state index in [9.17, 15) is 0 Å². The van der Waals surface area contributed by atoms with Crippen molar-refractivity contribution in [1.29, 1.82) is 0 Å². The Bertz CT molecular complexity index is 2810. The third-order valence-corrected chi connectivity index (χ3v) is 10.8. The fourth-order valence-corrected chi connectivity index (χ4v) is 8.41. The molecule has 0 bridgehead atoms. The van der Waals surface area contributed by atoms with Crippen LogP contribution in [0.1, 0.15) is 0 Å². The van der Waals surface area contributed by atoms with Gasteiger partial charge < -0.3 is 9.32 Å². The van der Waals surface area contributed by atoms with Gasteiger partial charge in [0.2, 0.25) is 0 Å². The molecule has 0 fully saturated rings. The first kappa shape index (κ1) is 27.9. The lowest BCUT2D eigenvalue weighted by Crippen LogP contribution is -2.09. The van der Waals surface area contributed by atoms with Crippen molar-refractivity contribution >= 4 is 81.3 Å². The van der Waals surface area contributed by atoms with E-state index in [2.05, 4.69) is 181 Å². The number of nitrogens with zero attached hydrogens (tertiary/aromatic N) is 1. The van der Waals surface area contributed by atoms with Crippen LogP contribution in [0.5, 0.6) is 0 Å². The SMILES string of the molecule is c1ccc(-c2ccc(N(c3ccc(-c4cccc5sc6ccccc6c45)cc3)c3ccc4oc5cc6ccccc6cc5c4c3)cc2)cc1. The van der Waals surface area contributed by atoms with Crippen molar-refractivity contribution < 1.29 is 4.42 Å². The fraction of sp³-hybridized carbons (Fsp3) is 0. The Kier molecular flexibility index (Phi) is 6.39. The average Bonchev–Trinajstić information content (AvgIpc) is 3.72. The van der Waals surface area contributed by atoms with Gasteiger partial charge in [0.05, 0.1) is 0 Å². The molecule has 0 aliphatic rings. The molecule has 0 unspecified atom stereocenters. The summed E-state index contributed by atoms with van der Waals surface area (Å²) < 4.78 is 9.01. The lowest BCUT2D eigenvalue weighted by atomic mass is 9.99. The summed E-state index contributed by atoms with van der Waals surface area (Å²) in [7, 11) is 0. The van der Waals surface area contributed by atoms with Gasteiger partial charge in [-0.05, 0) is 99.8 Å². The van der Waals surface area contributed by atoms with Crippen LogP contribution in [0.2, 0.25) is 0 Å². The summed E-state index contributed by atoms with van der Waals surface area (Å²) in [6.45, 7) is 0. The first-order chi connectivity index (χ1) is 24.3. The predicted molar refractivity (Wildman–Crippen MR) is 210 cm³/mol. The molecule has 0 aliphatic heterocycles. The highest BCUT2D eigenvalue weighted by Crippen LogP contribution is 2.43. The lowest BCUT2D eigenvalue weighted by Gasteiger charge is -2.26. The Morgan fingerprint density at radius 3 is 1.80 bits per heavy atom. The van der Waals surface area contributed by atoms with Gasteiger partial charge in [-0.1, -0.05) is 109 Å². The van der Waals surface area contributed by atoms with Gasteiger partial charge >= 0.3 is 0 Å². The largest absolute Gasteiger partial charge is 0.456 e. The van der Waals surface area contributed by atoms with Crippen molar-refractivity contribution in [2.24, 2.45) is 0 Å². The van der Waals surface area contributed by atoms with Gasteiger partial charge in [0.15, 0.2) is 0 Å². The molecule has 0 saturated heterocycles. The third kappa shape index (κ3) is 4.70. The van der Waals surface area contributed by atoms with Gasteiger partial charge in [0.25, 0.3) is 0 Å². The number of hydrogen-bond acceptors (Lipinski definition) is 3. The molecule has 2 nitrogen and oxygen atoms in total. The second kappa shape index (κ2) is 11.2. The maximum absolute atomic E-state index is 6.38. The van der Waals surface area contributed by atoms with Gasteiger partial charge in [-0.3, -0.25) is 0 Å². The van der Waals surface area contributed by atoms with Crippen molar-refractivity contribution in [3.8, 4) is 22.3 Å². The molecule has 0 spiro atoms. The fourth-order valence-electron chi connectivity index (χ4n) is 7.28. The summed E-state index contributed by atoms with van der Waals surface area (Å²) in [6, 6.07) is 63.2. The van der Waals surface area contributed by atoms with Gasteiger partial charge in [0.1, 0.15) is 11.2 Å². The van der Waals surface area contributed by atoms with E-state index in [1.165, 1.54) is 53.2 Å². The summed E-state index contributed by atoms with van der Waals surface area (Å²) in [4.78, 5) is 2.35. The summed E-state index contributed by atoms with van der Waals surface area (Å²) >= 11 is 1.86. The zero-order valence-electron chi connectivity index (χ0n) is 26.5. The quantitative estimate of drug-likeness (QED) is 0.186. The molecule has 0 saturated carbocycles. The number of benzene rings is 8. The maximum Gasteiger partial charge on any atom is 0.136 e. The van der Waals surface area contributed by atoms with E-state index in [4.69, 9.17) is 4.42 Å². The monoisotopic (exact) mass is 643 g/mol. The lowest BCUT2D eigenvalue weighted by molar-refractivity contribution is 0.669. The van der Waals surface area contributed by atoms with Crippen molar-refractivity contribution in [3.05, 3.63) is 176 Å². The smallest absolute Gasteiger partial charge is 0.136 e. The van der Waals surface area contributed by atoms with Crippen LogP contribution in [0.4, 0.5) is 17.1 Å². The molecule has 230 valence electrons. The molecule has 0 N–H and O–H groups in total. The minimum Gasteiger partial charge on any atom is -0.456 e. The molecule has 2 aromatic heterocycles. The number of hydrogen-bond donors (Lipinski definition) is 0. The zero-order chi connectivity index (χ0) is 32.3. The Labute approximate surface area is 287 Å². The van der Waals surface area contributed by atoms with Crippen molar-refractivity contribution in [2.75, 3.05) is 4.90 Å². The third-order valence-electron chi connectivity index (χ3n) is 9.65. The van der Waals surface area contributed by atoms with Gasteiger partial charge in [-0.2, -0.15) is 0 Å². The highest BCUT2D eigenvalue weighted by atomic mass is 32.1. The van der Waals surface area contributed by atoms with E-state index in [0.29, 0.717) is 0 Å². The minimum atomic E-state index is 0.889. The van der Waals surface area contributed by atoms with Crippen LogP contribution in [0.15, 0.2) is 180 Å². The average molecular weight is 644 g/mol. The van der Waals surface area contributed by atoms with Crippen LogP contribution in [-0.4, -0.2) is 0 Å². The molecule has 49 heavy (non-hydrogen) atoms. The normalized spacial score (nSPS) is 11.7. The molecular weight excluding hydrogens is 615 g/mol.